The summed E-state index contributed by atoms with van der Waals surface area (Å²) < 4.78 is 22.9. The second kappa shape index (κ2) is 44.9. The molecule has 6 atom stereocenters. The van der Waals surface area contributed by atoms with Crippen LogP contribution < -0.4 is 0 Å². The van der Waals surface area contributed by atoms with Gasteiger partial charge in [0.2, 0.25) is 0 Å². The highest BCUT2D eigenvalue weighted by atomic mass is 16.7. The lowest BCUT2D eigenvalue weighted by Crippen LogP contribution is -2.59. The van der Waals surface area contributed by atoms with E-state index in [-0.39, 0.29) is 19.2 Å². The predicted molar refractivity (Wildman–Crippen MR) is 256 cm³/mol. The molecular formula is C53H100O9. The molecule has 1 fully saturated rings. The summed E-state index contributed by atoms with van der Waals surface area (Å²) in [5.74, 6) is -0.316. The lowest BCUT2D eigenvalue weighted by molar-refractivity contribution is -0.305. The Hall–Kier alpha value is -1.33. The molecule has 0 spiro atoms. The lowest BCUT2D eigenvalue weighted by atomic mass is 9.99. The molecule has 0 aliphatic carbocycles. The van der Waals surface area contributed by atoms with Crippen LogP contribution in [0.3, 0.4) is 0 Å². The van der Waals surface area contributed by atoms with Crippen LogP contribution >= 0.6 is 0 Å². The van der Waals surface area contributed by atoms with Crippen LogP contribution in [0.25, 0.3) is 0 Å². The molecule has 4 N–H and O–H groups in total. The van der Waals surface area contributed by atoms with Gasteiger partial charge in [0.05, 0.1) is 19.8 Å². The second-order valence-electron chi connectivity index (χ2n) is 18.3. The maximum atomic E-state index is 12.8. The molecule has 0 aromatic rings. The van der Waals surface area contributed by atoms with Crippen molar-refractivity contribution in [3.05, 3.63) is 24.3 Å². The van der Waals surface area contributed by atoms with Gasteiger partial charge in [0.15, 0.2) is 6.29 Å². The quantitative estimate of drug-likeness (QED) is 0.0268. The molecule has 1 aliphatic heterocycles. The van der Waals surface area contributed by atoms with Crippen LogP contribution in [0.4, 0.5) is 0 Å². The zero-order chi connectivity index (χ0) is 45.0. The van der Waals surface area contributed by atoms with Crippen molar-refractivity contribution < 1.29 is 44.2 Å². The summed E-state index contributed by atoms with van der Waals surface area (Å²) in [5, 5.41) is 40.3. The Kier molecular flexibility index (Phi) is 42.5. The maximum absolute atomic E-state index is 12.8. The van der Waals surface area contributed by atoms with Crippen LogP contribution in [-0.2, 0) is 23.7 Å². The molecule has 1 aliphatic rings. The van der Waals surface area contributed by atoms with Crippen molar-refractivity contribution in [1.29, 1.82) is 0 Å². The normalized spacial score (nSPS) is 19.9. The summed E-state index contributed by atoms with van der Waals surface area (Å²) in [6.45, 7) is 4.58. The second-order valence-corrected chi connectivity index (χ2v) is 18.3. The number of ether oxygens (including phenoxy) is 4. The highest BCUT2D eigenvalue weighted by Crippen LogP contribution is 2.23. The molecule has 9 nitrogen and oxygen atoms in total. The van der Waals surface area contributed by atoms with E-state index in [1.54, 1.807) is 0 Å². The topological polar surface area (TPSA) is 135 Å². The van der Waals surface area contributed by atoms with Crippen LogP contribution in [0.5, 0.6) is 0 Å². The van der Waals surface area contributed by atoms with Crippen molar-refractivity contribution in [2.75, 3.05) is 26.4 Å². The first-order chi connectivity index (χ1) is 30.4. The fourth-order valence-corrected chi connectivity index (χ4v) is 8.23. The SMILES string of the molecule is CCCCCC/C=C\C/C=C\CCCCCCCCCC(=O)OC(COCCCCCCCCCCCCCCCCCCCCCCC)COC1OC(CO)C(O)C(O)C1O. The van der Waals surface area contributed by atoms with Gasteiger partial charge in [0, 0.05) is 13.0 Å². The van der Waals surface area contributed by atoms with Gasteiger partial charge in [0.25, 0.3) is 0 Å². The number of allylic oxidation sites excluding steroid dienone is 4. The van der Waals surface area contributed by atoms with Crippen molar-refractivity contribution in [3.8, 4) is 0 Å². The minimum Gasteiger partial charge on any atom is -0.457 e. The van der Waals surface area contributed by atoms with Gasteiger partial charge in [-0.1, -0.05) is 218 Å². The smallest absolute Gasteiger partial charge is 0.306 e. The standard InChI is InChI=1S/C53H100O9/c1-3-5-7-9-11-13-15-17-19-21-23-24-25-27-29-31-33-35-37-39-41-43-59-45-47(46-60-53-52(58)51(57)50(56)48(44-54)62-53)61-49(55)42-40-38-36-34-32-30-28-26-22-20-18-16-14-12-10-8-6-4-2/h14,16,20,22,47-48,50-54,56-58H,3-13,15,17-19,21,23-46H2,1-2H3/b16-14-,22-20-. The molecule has 0 radical (unpaired) electrons. The van der Waals surface area contributed by atoms with E-state index in [9.17, 15) is 25.2 Å². The van der Waals surface area contributed by atoms with Gasteiger partial charge in [-0.25, -0.2) is 0 Å². The van der Waals surface area contributed by atoms with E-state index in [0.717, 1.165) is 44.9 Å². The number of hydrogen-bond donors (Lipinski definition) is 4. The molecule has 0 saturated carbocycles. The molecular weight excluding hydrogens is 781 g/mol. The fraction of sp³-hybridized carbons (Fsp3) is 0.906. The number of hydrogen-bond acceptors (Lipinski definition) is 9. The Labute approximate surface area is 381 Å². The summed E-state index contributed by atoms with van der Waals surface area (Å²) in [6, 6.07) is 0. The molecule has 0 aromatic carbocycles. The molecule has 0 aromatic heterocycles. The summed E-state index contributed by atoms with van der Waals surface area (Å²) in [5.41, 5.74) is 0. The lowest BCUT2D eigenvalue weighted by Gasteiger charge is -2.39. The average Bonchev–Trinajstić information content (AvgIpc) is 3.27. The van der Waals surface area contributed by atoms with E-state index in [1.165, 1.54) is 180 Å². The molecule has 6 unspecified atom stereocenters. The zero-order valence-electron chi connectivity index (χ0n) is 40.4. The molecule has 9 heteroatoms. The first-order valence-corrected chi connectivity index (χ1v) is 26.4. The Morgan fingerprint density at radius 3 is 1.40 bits per heavy atom. The molecule has 366 valence electrons. The molecule has 1 rings (SSSR count). The first kappa shape index (κ1) is 58.7. The van der Waals surface area contributed by atoms with Gasteiger partial charge in [-0.15, -0.1) is 0 Å². The number of unbranched alkanes of at least 4 members (excludes halogenated alkanes) is 31. The number of carbonyl (C=O) groups excluding carboxylic acids is 1. The number of rotatable bonds is 46. The molecule has 62 heavy (non-hydrogen) atoms. The molecule has 0 bridgehead atoms. The van der Waals surface area contributed by atoms with E-state index in [2.05, 4.69) is 38.2 Å². The van der Waals surface area contributed by atoms with Gasteiger partial charge in [-0.2, -0.15) is 0 Å². The molecule has 1 saturated heterocycles. The average molecular weight is 881 g/mol. The Morgan fingerprint density at radius 1 is 0.516 bits per heavy atom. The van der Waals surface area contributed by atoms with E-state index < -0.39 is 43.4 Å². The fourth-order valence-electron chi connectivity index (χ4n) is 8.23. The predicted octanol–water partition coefficient (Wildman–Crippen LogP) is 12.9. The summed E-state index contributed by atoms with van der Waals surface area (Å²) in [6.07, 6.45) is 46.4. The van der Waals surface area contributed by atoms with Crippen LogP contribution in [0.15, 0.2) is 24.3 Å². The minimum absolute atomic E-state index is 0.112. The van der Waals surface area contributed by atoms with Crippen molar-refractivity contribution in [1.82, 2.24) is 0 Å². The largest absolute Gasteiger partial charge is 0.457 e. The third-order valence-corrected chi connectivity index (χ3v) is 12.4. The third-order valence-electron chi connectivity index (χ3n) is 12.4. The van der Waals surface area contributed by atoms with Crippen molar-refractivity contribution in [3.63, 3.8) is 0 Å². The van der Waals surface area contributed by atoms with Gasteiger partial charge in [0.1, 0.15) is 30.5 Å². The number of esters is 1. The molecule has 0 amide bonds. The van der Waals surface area contributed by atoms with Crippen molar-refractivity contribution >= 4 is 5.97 Å². The number of carbonyl (C=O) groups is 1. The van der Waals surface area contributed by atoms with Crippen LogP contribution in [-0.4, -0.2) is 89.6 Å². The van der Waals surface area contributed by atoms with E-state index >= 15 is 0 Å². The van der Waals surface area contributed by atoms with Gasteiger partial charge >= 0.3 is 5.97 Å². The van der Waals surface area contributed by atoms with Crippen LogP contribution in [0.1, 0.15) is 245 Å². The number of aliphatic hydroxyl groups is 4. The summed E-state index contributed by atoms with van der Waals surface area (Å²) in [4.78, 5) is 12.8. The highest BCUT2D eigenvalue weighted by molar-refractivity contribution is 5.69. The van der Waals surface area contributed by atoms with Crippen LogP contribution in [0, 0.1) is 0 Å². The number of aliphatic hydroxyl groups excluding tert-OH is 4. The van der Waals surface area contributed by atoms with Gasteiger partial charge < -0.3 is 39.4 Å². The van der Waals surface area contributed by atoms with E-state index in [1.807, 2.05) is 0 Å². The third kappa shape index (κ3) is 35.0. The zero-order valence-corrected chi connectivity index (χ0v) is 40.4. The first-order valence-electron chi connectivity index (χ1n) is 26.4. The van der Waals surface area contributed by atoms with Gasteiger partial charge in [-0.05, 0) is 44.9 Å². The van der Waals surface area contributed by atoms with Crippen molar-refractivity contribution in [2.45, 2.75) is 282 Å². The van der Waals surface area contributed by atoms with Crippen molar-refractivity contribution in [2.24, 2.45) is 0 Å². The monoisotopic (exact) mass is 881 g/mol. The summed E-state index contributed by atoms with van der Waals surface area (Å²) >= 11 is 0. The van der Waals surface area contributed by atoms with Gasteiger partial charge in [-0.3, -0.25) is 4.79 Å². The minimum atomic E-state index is -1.54. The highest BCUT2D eigenvalue weighted by Gasteiger charge is 2.44. The van der Waals surface area contributed by atoms with E-state index in [0.29, 0.717) is 13.0 Å². The Balaban J connectivity index is 2.18. The van der Waals surface area contributed by atoms with Crippen LogP contribution in [0.2, 0.25) is 0 Å². The Bertz CT molecular complexity index is 1000. The van der Waals surface area contributed by atoms with E-state index in [4.69, 9.17) is 18.9 Å². The molecule has 1 heterocycles. The Morgan fingerprint density at radius 2 is 0.935 bits per heavy atom. The summed E-state index contributed by atoms with van der Waals surface area (Å²) in [7, 11) is 0. The maximum Gasteiger partial charge on any atom is 0.306 e.